The molecule has 0 heterocycles. The number of amides is 1. The fourth-order valence-electron chi connectivity index (χ4n) is 1.84. The zero-order valence-corrected chi connectivity index (χ0v) is 13.4. The van der Waals surface area contributed by atoms with Gasteiger partial charge in [-0.15, -0.1) is 0 Å². The molecule has 0 aliphatic carbocycles. The van der Waals surface area contributed by atoms with Crippen molar-refractivity contribution in [2.75, 3.05) is 6.54 Å². The van der Waals surface area contributed by atoms with Crippen molar-refractivity contribution in [2.45, 2.75) is 44.9 Å². The lowest BCUT2D eigenvalue weighted by Crippen LogP contribution is -2.43. The van der Waals surface area contributed by atoms with Gasteiger partial charge in [-0.2, -0.15) is 0 Å². The molecule has 0 fully saturated rings. The normalized spacial score (nSPS) is 14.4. The molecule has 2 atom stereocenters. The van der Waals surface area contributed by atoms with Crippen molar-refractivity contribution in [2.24, 2.45) is 5.73 Å². The number of hydrogen-bond acceptors (Lipinski definition) is 4. The van der Waals surface area contributed by atoms with Crippen LogP contribution in [-0.2, 0) is 4.74 Å². The zero-order valence-electron chi connectivity index (χ0n) is 12.6. The third kappa shape index (κ3) is 6.33. The fourth-order valence-corrected chi connectivity index (χ4v) is 1.97. The SMILES string of the molecule is CC(C)(C)OC(=O)NC(CCN)C(O)c1ccc(Cl)cc1. The number of benzene rings is 1. The molecule has 0 radical (unpaired) electrons. The van der Waals surface area contributed by atoms with Crippen LogP contribution in [0.15, 0.2) is 24.3 Å². The minimum absolute atomic E-state index is 0.338. The van der Waals surface area contributed by atoms with Crippen molar-refractivity contribution in [3.05, 3.63) is 34.9 Å². The van der Waals surface area contributed by atoms with Gasteiger partial charge >= 0.3 is 6.09 Å². The number of carbonyl (C=O) groups is 1. The Kier molecular flexibility index (Phi) is 6.45. The Morgan fingerprint density at radius 1 is 1.38 bits per heavy atom. The van der Waals surface area contributed by atoms with E-state index < -0.39 is 23.8 Å². The van der Waals surface area contributed by atoms with E-state index in [9.17, 15) is 9.90 Å². The molecule has 0 saturated carbocycles. The summed E-state index contributed by atoms with van der Waals surface area (Å²) in [6, 6.07) is 6.28. The number of rotatable bonds is 5. The second-order valence-electron chi connectivity index (χ2n) is 5.83. The molecule has 1 aromatic rings. The van der Waals surface area contributed by atoms with E-state index in [1.807, 2.05) is 0 Å². The maximum Gasteiger partial charge on any atom is 0.407 e. The summed E-state index contributed by atoms with van der Waals surface area (Å²) in [5.74, 6) is 0. The lowest BCUT2D eigenvalue weighted by atomic mass is 10.00. The van der Waals surface area contributed by atoms with E-state index in [1.54, 1.807) is 45.0 Å². The van der Waals surface area contributed by atoms with Gasteiger partial charge in [0.05, 0.1) is 12.1 Å². The highest BCUT2D eigenvalue weighted by atomic mass is 35.5. The van der Waals surface area contributed by atoms with Gasteiger partial charge in [0.1, 0.15) is 5.60 Å². The molecule has 0 aromatic heterocycles. The molecule has 0 aliphatic rings. The van der Waals surface area contributed by atoms with E-state index in [4.69, 9.17) is 22.1 Å². The highest BCUT2D eigenvalue weighted by Gasteiger charge is 2.25. The average molecular weight is 315 g/mol. The number of nitrogens with two attached hydrogens (primary N) is 1. The van der Waals surface area contributed by atoms with Crippen molar-refractivity contribution in [1.29, 1.82) is 0 Å². The van der Waals surface area contributed by atoms with Crippen molar-refractivity contribution in [3.8, 4) is 0 Å². The number of hydrogen-bond donors (Lipinski definition) is 3. The summed E-state index contributed by atoms with van der Waals surface area (Å²) in [4.78, 5) is 11.8. The lowest BCUT2D eigenvalue weighted by Gasteiger charge is -2.26. The molecule has 5 nitrogen and oxygen atoms in total. The summed E-state index contributed by atoms with van der Waals surface area (Å²) in [6.45, 7) is 5.67. The van der Waals surface area contributed by atoms with Gasteiger partial charge in [-0.3, -0.25) is 0 Å². The predicted octanol–water partition coefficient (Wildman–Crippen LogP) is 2.62. The molecule has 0 saturated heterocycles. The van der Waals surface area contributed by atoms with E-state index in [0.717, 1.165) is 0 Å². The first-order valence-corrected chi connectivity index (χ1v) is 7.24. The topological polar surface area (TPSA) is 84.6 Å². The molecule has 1 rings (SSSR count). The van der Waals surface area contributed by atoms with Crippen LogP contribution in [0.1, 0.15) is 38.9 Å². The molecule has 0 bridgehead atoms. The van der Waals surface area contributed by atoms with Crippen LogP contribution in [0.5, 0.6) is 0 Å². The van der Waals surface area contributed by atoms with Crippen molar-refractivity contribution >= 4 is 17.7 Å². The van der Waals surface area contributed by atoms with Gasteiger partial charge in [0, 0.05) is 5.02 Å². The molecule has 0 aliphatic heterocycles. The molecule has 1 aromatic carbocycles. The Bertz CT molecular complexity index is 457. The van der Waals surface area contributed by atoms with Crippen molar-refractivity contribution in [1.82, 2.24) is 5.32 Å². The van der Waals surface area contributed by atoms with Crippen LogP contribution in [0.3, 0.4) is 0 Å². The second kappa shape index (κ2) is 7.64. The summed E-state index contributed by atoms with van der Waals surface area (Å²) in [7, 11) is 0. The minimum atomic E-state index is -0.877. The van der Waals surface area contributed by atoms with Gasteiger partial charge in [-0.1, -0.05) is 23.7 Å². The molecule has 118 valence electrons. The number of nitrogens with one attached hydrogen (secondary N) is 1. The Morgan fingerprint density at radius 2 is 1.95 bits per heavy atom. The Morgan fingerprint density at radius 3 is 2.43 bits per heavy atom. The van der Waals surface area contributed by atoms with E-state index in [-0.39, 0.29) is 0 Å². The smallest absolute Gasteiger partial charge is 0.407 e. The zero-order chi connectivity index (χ0) is 16.0. The first-order valence-electron chi connectivity index (χ1n) is 6.86. The summed E-state index contributed by atoms with van der Waals surface area (Å²) in [6.07, 6.45) is -1.02. The highest BCUT2D eigenvalue weighted by Crippen LogP contribution is 2.21. The van der Waals surface area contributed by atoms with Crippen LogP contribution in [0.4, 0.5) is 4.79 Å². The van der Waals surface area contributed by atoms with Crippen molar-refractivity contribution in [3.63, 3.8) is 0 Å². The van der Waals surface area contributed by atoms with Crippen molar-refractivity contribution < 1.29 is 14.6 Å². The first kappa shape index (κ1) is 17.8. The Balaban J connectivity index is 2.76. The second-order valence-corrected chi connectivity index (χ2v) is 6.26. The molecular formula is C15H23ClN2O3. The van der Waals surface area contributed by atoms with Crippen LogP contribution >= 0.6 is 11.6 Å². The van der Waals surface area contributed by atoms with Gasteiger partial charge in [0.2, 0.25) is 0 Å². The maximum absolute atomic E-state index is 11.8. The van der Waals surface area contributed by atoms with Gasteiger partial charge in [0.25, 0.3) is 0 Å². The molecule has 0 spiro atoms. The number of aliphatic hydroxyl groups is 1. The summed E-state index contributed by atoms with van der Waals surface area (Å²) in [5.41, 5.74) is 5.61. The monoisotopic (exact) mass is 314 g/mol. The number of carbonyl (C=O) groups excluding carboxylic acids is 1. The van der Waals surface area contributed by atoms with Crippen LogP contribution in [0, 0.1) is 0 Å². The number of alkyl carbamates (subject to hydrolysis) is 1. The quantitative estimate of drug-likeness (QED) is 0.780. The third-order valence-electron chi connectivity index (χ3n) is 2.77. The molecule has 1 amide bonds. The van der Waals surface area contributed by atoms with E-state index in [1.165, 1.54) is 0 Å². The average Bonchev–Trinajstić information content (AvgIpc) is 2.36. The van der Waals surface area contributed by atoms with Crippen LogP contribution in [-0.4, -0.2) is 29.4 Å². The molecule has 21 heavy (non-hydrogen) atoms. The Labute approximate surface area is 130 Å². The summed E-state index contributed by atoms with van der Waals surface area (Å²) in [5, 5.41) is 13.6. The minimum Gasteiger partial charge on any atom is -0.444 e. The molecule has 6 heteroatoms. The highest BCUT2D eigenvalue weighted by molar-refractivity contribution is 6.30. The summed E-state index contributed by atoms with van der Waals surface area (Å²) >= 11 is 5.82. The van der Waals surface area contributed by atoms with Gasteiger partial charge in [-0.05, 0) is 51.4 Å². The van der Waals surface area contributed by atoms with Crippen LogP contribution in [0.2, 0.25) is 5.02 Å². The van der Waals surface area contributed by atoms with E-state index >= 15 is 0 Å². The largest absolute Gasteiger partial charge is 0.444 e. The molecular weight excluding hydrogens is 292 g/mol. The van der Waals surface area contributed by atoms with Gasteiger partial charge < -0.3 is 20.9 Å². The molecule has 4 N–H and O–H groups in total. The predicted molar refractivity (Wildman–Crippen MR) is 83.2 cm³/mol. The summed E-state index contributed by atoms with van der Waals surface area (Å²) < 4.78 is 5.20. The lowest BCUT2D eigenvalue weighted by molar-refractivity contribution is 0.0416. The standard InChI is InChI=1S/C15H23ClN2O3/c1-15(2,3)21-14(20)18-12(8-9-17)13(19)10-4-6-11(16)7-5-10/h4-7,12-13,19H,8-9,17H2,1-3H3,(H,18,20). The third-order valence-corrected chi connectivity index (χ3v) is 3.02. The molecule has 2 unspecified atom stereocenters. The van der Waals surface area contributed by atoms with Crippen LogP contribution in [0.25, 0.3) is 0 Å². The first-order chi connectivity index (χ1) is 9.73. The van der Waals surface area contributed by atoms with Gasteiger partial charge in [-0.25, -0.2) is 4.79 Å². The number of ether oxygens (including phenoxy) is 1. The maximum atomic E-state index is 11.8. The van der Waals surface area contributed by atoms with E-state index in [2.05, 4.69) is 5.32 Å². The number of halogens is 1. The number of aliphatic hydroxyl groups excluding tert-OH is 1. The van der Waals surface area contributed by atoms with E-state index in [0.29, 0.717) is 23.6 Å². The fraction of sp³-hybridized carbons (Fsp3) is 0.533. The Hall–Kier alpha value is -1.30. The van der Waals surface area contributed by atoms with Crippen LogP contribution < -0.4 is 11.1 Å². The van der Waals surface area contributed by atoms with Gasteiger partial charge in [0.15, 0.2) is 0 Å².